The van der Waals surface area contributed by atoms with Gasteiger partial charge in [0.2, 0.25) is 0 Å². The number of alkyl halides is 1. The Bertz CT molecular complexity index is 129. The second-order valence-electron chi connectivity index (χ2n) is 2.85. The van der Waals surface area contributed by atoms with Crippen LogP contribution in [0.4, 0.5) is 0 Å². The molecule has 13 heavy (non-hydrogen) atoms. The minimum Gasteiger partial charge on any atom is -0.418 e. The summed E-state index contributed by atoms with van der Waals surface area (Å²) < 4.78 is 16.8. The predicted octanol–water partition coefficient (Wildman–Crippen LogP) is 1.78. The van der Waals surface area contributed by atoms with Crippen molar-refractivity contribution in [2.45, 2.75) is 26.9 Å². The van der Waals surface area contributed by atoms with Crippen LogP contribution in [-0.2, 0) is 13.0 Å². The van der Waals surface area contributed by atoms with Gasteiger partial charge >= 0.3 is 8.80 Å². The lowest BCUT2D eigenvalue weighted by Gasteiger charge is -2.28. The minimum absolute atomic E-state index is 0.347. The molecule has 0 aromatic carbocycles. The molecule has 6 heteroatoms. The summed E-state index contributed by atoms with van der Waals surface area (Å²) in [5.41, 5.74) is 0.347. The standard InChI is InChI=1S/C7H19ClO3Si2/c1-5-9-13(7-8,10-6-2)11-12(3)4/h12H,5-7H2,1-4H3. The maximum Gasteiger partial charge on any atom is 0.505 e. The number of hydrogen-bond donors (Lipinski definition) is 0. The van der Waals surface area contributed by atoms with E-state index in [0.29, 0.717) is 18.7 Å². The Morgan fingerprint density at radius 3 is 1.85 bits per heavy atom. The number of rotatable bonds is 7. The van der Waals surface area contributed by atoms with E-state index >= 15 is 0 Å². The lowest BCUT2D eigenvalue weighted by molar-refractivity contribution is 0.123. The molecule has 3 nitrogen and oxygen atoms in total. The van der Waals surface area contributed by atoms with Crippen LogP contribution >= 0.6 is 11.6 Å². The molecule has 80 valence electrons. The summed E-state index contributed by atoms with van der Waals surface area (Å²) in [5.74, 6) is 0. The van der Waals surface area contributed by atoms with E-state index in [-0.39, 0.29) is 0 Å². The smallest absolute Gasteiger partial charge is 0.418 e. The third kappa shape index (κ3) is 5.14. The van der Waals surface area contributed by atoms with Crippen LogP contribution in [0.1, 0.15) is 13.8 Å². The predicted molar refractivity (Wildman–Crippen MR) is 59.7 cm³/mol. The molecule has 0 N–H and O–H groups in total. The molecule has 0 aliphatic heterocycles. The van der Waals surface area contributed by atoms with Crippen molar-refractivity contribution in [3.8, 4) is 0 Å². The van der Waals surface area contributed by atoms with Crippen LogP contribution in [0.25, 0.3) is 0 Å². The second kappa shape index (κ2) is 6.97. The second-order valence-corrected chi connectivity index (χ2v) is 8.90. The third-order valence-corrected chi connectivity index (χ3v) is 7.40. The van der Waals surface area contributed by atoms with E-state index in [9.17, 15) is 0 Å². The Morgan fingerprint density at radius 2 is 1.62 bits per heavy atom. The average molecular weight is 243 g/mol. The minimum atomic E-state index is -2.51. The first kappa shape index (κ1) is 13.6. The Morgan fingerprint density at radius 1 is 1.15 bits per heavy atom. The van der Waals surface area contributed by atoms with E-state index < -0.39 is 17.8 Å². The van der Waals surface area contributed by atoms with Crippen molar-refractivity contribution in [1.29, 1.82) is 0 Å². The topological polar surface area (TPSA) is 27.7 Å². The molecule has 0 aromatic heterocycles. The molecule has 0 saturated heterocycles. The Labute approximate surface area is 88.4 Å². The first-order valence-corrected chi connectivity index (χ1v) is 9.86. The Kier molecular flexibility index (Phi) is 7.29. The van der Waals surface area contributed by atoms with E-state index in [1.807, 2.05) is 13.8 Å². The summed E-state index contributed by atoms with van der Waals surface area (Å²) in [6.07, 6.45) is 0. The molecule has 0 spiro atoms. The van der Waals surface area contributed by atoms with Crippen LogP contribution in [0.15, 0.2) is 0 Å². The zero-order valence-electron chi connectivity index (χ0n) is 8.80. The van der Waals surface area contributed by atoms with Crippen LogP contribution in [0.2, 0.25) is 13.1 Å². The monoisotopic (exact) mass is 242 g/mol. The lowest BCUT2D eigenvalue weighted by Crippen LogP contribution is -2.51. The quantitative estimate of drug-likeness (QED) is 0.503. The van der Waals surface area contributed by atoms with Gasteiger partial charge in [0.15, 0.2) is 9.04 Å². The van der Waals surface area contributed by atoms with Crippen molar-refractivity contribution in [3.63, 3.8) is 0 Å². The number of halogens is 1. The summed E-state index contributed by atoms with van der Waals surface area (Å²) in [4.78, 5) is 0. The first-order valence-electron chi connectivity index (χ1n) is 4.62. The highest BCUT2D eigenvalue weighted by Crippen LogP contribution is 2.13. The molecular formula is C7H19ClO3Si2. The fourth-order valence-electron chi connectivity index (χ4n) is 1.02. The third-order valence-electron chi connectivity index (χ3n) is 1.31. The highest BCUT2D eigenvalue weighted by atomic mass is 35.5. The van der Waals surface area contributed by atoms with Crippen molar-refractivity contribution < 1.29 is 13.0 Å². The Balaban J connectivity index is 4.24. The molecule has 0 radical (unpaired) electrons. The van der Waals surface area contributed by atoms with Crippen molar-refractivity contribution in [1.82, 2.24) is 0 Å². The first-order chi connectivity index (χ1) is 6.10. The molecule has 0 aliphatic rings. The largest absolute Gasteiger partial charge is 0.505 e. The van der Waals surface area contributed by atoms with E-state index in [1.165, 1.54) is 0 Å². The molecule has 0 saturated carbocycles. The van der Waals surface area contributed by atoms with Gasteiger partial charge in [-0.05, 0) is 26.9 Å². The molecule has 0 rings (SSSR count). The summed E-state index contributed by atoms with van der Waals surface area (Å²) in [6, 6.07) is 0. The molecule has 0 fully saturated rings. The molecular weight excluding hydrogens is 224 g/mol. The van der Waals surface area contributed by atoms with Gasteiger partial charge in [0, 0.05) is 13.2 Å². The SMILES string of the molecule is CCO[Si](CCl)(OCC)O[SiH](C)C. The summed E-state index contributed by atoms with van der Waals surface area (Å²) in [5, 5.41) is 0. The van der Waals surface area contributed by atoms with Gasteiger partial charge in [-0.2, -0.15) is 0 Å². The van der Waals surface area contributed by atoms with Crippen molar-refractivity contribution in [2.75, 3.05) is 18.7 Å². The van der Waals surface area contributed by atoms with Gasteiger partial charge in [-0.3, -0.25) is 0 Å². The highest BCUT2D eigenvalue weighted by Gasteiger charge is 2.40. The average Bonchev–Trinajstić information content (AvgIpc) is 2.04. The van der Waals surface area contributed by atoms with E-state index in [2.05, 4.69) is 13.1 Å². The zero-order valence-corrected chi connectivity index (χ0v) is 11.7. The van der Waals surface area contributed by atoms with Crippen molar-refractivity contribution in [2.24, 2.45) is 0 Å². The van der Waals surface area contributed by atoms with E-state index in [4.69, 9.17) is 24.6 Å². The molecule has 0 aliphatic carbocycles. The van der Waals surface area contributed by atoms with Crippen LogP contribution in [0.3, 0.4) is 0 Å². The maximum atomic E-state index is 5.83. The van der Waals surface area contributed by atoms with Crippen molar-refractivity contribution in [3.05, 3.63) is 0 Å². The van der Waals surface area contributed by atoms with E-state index in [0.717, 1.165) is 0 Å². The zero-order chi connectivity index (χ0) is 10.3. The fraction of sp³-hybridized carbons (Fsp3) is 1.00. The lowest BCUT2D eigenvalue weighted by atomic mass is 10.9. The molecule has 0 amide bonds. The van der Waals surface area contributed by atoms with E-state index in [1.54, 1.807) is 0 Å². The molecule has 0 heterocycles. The number of hydrogen-bond acceptors (Lipinski definition) is 3. The maximum absolute atomic E-state index is 5.83. The molecule has 0 atom stereocenters. The van der Waals surface area contributed by atoms with Crippen LogP contribution in [0, 0.1) is 0 Å². The van der Waals surface area contributed by atoms with Gasteiger partial charge in [-0.25, -0.2) is 0 Å². The normalized spacial score (nSPS) is 12.5. The van der Waals surface area contributed by atoms with Crippen molar-refractivity contribution >= 4 is 29.4 Å². The molecule has 0 aromatic rings. The molecule has 0 unspecified atom stereocenters. The summed E-state index contributed by atoms with van der Waals surface area (Å²) in [7, 11) is -3.65. The summed E-state index contributed by atoms with van der Waals surface area (Å²) in [6.45, 7) is 9.23. The van der Waals surface area contributed by atoms with Gasteiger partial charge < -0.3 is 13.0 Å². The molecule has 0 bridgehead atoms. The van der Waals surface area contributed by atoms with Gasteiger partial charge in [0.05, 0.1) is 5.50 Å². The van der Waals surface area contributed by atoms with Gasteiger partial charge in [-0.1, -0.05) is 0 Å². The fourth-order valence-corrected chi connectivity index (χ4v) is 6.83. The van der Waals surface area contributed by atoms with Gasteiger partial charge in [0.1, 0.15) is 0 Å². The van der Waals surface area contributed by atoms with Gasteiger partial charge in [-0.15, -0.1) is 11.6 Å². The van der Waals surface area contributed by atoms with Gasteiger partial charge in [0.25, 0.3) is 0 Å². The van der Waals surface area contributed by atoms with Crippen LogP contribution < -0.4 is 0 Å². The highest BCUT2D eigenvalue weighted by molar-refractivity contribution is 6.75. The Hall–Kier alpha value is 0.604. The summed E-state index contributed by atoms with van der Waals surface area (Å²) >= 11 is 5.83. The van der Waals surface area contributed by atoms with Crippen LogP contribution in [-0.4, -0.2) is 36.6 Å². The van der Waals surface area contributed by atoms with Crippen LogP contribution in [0.5, 0.6) is 0 Å².